The lowest BCUT2D eigenvalue weighted by atomic mass is 10.1. The number of carbonyl (C=O) groups is 2. The van der Waals surface area contributed by atoms with Gasteiger partial charge in [0, 0.05) is 18.2 Å². The van der Waals surface area contributed by atoms with Gasteiger partial charge in [0.15, 0.2) is 0 Å². The van der Waals surface area contributed by atoms with Gasteiger partial charge in [-0.1, -0.05) is 0 Å². The number of nitrogens with zero attached hydrogens (tertiary/aromatic N) is 1. The van der Waals surface area contributed by atoms with Crippen molar-refractivity contribution in [3.63, 3.8) is 0 Å². The van der Waals surface area contributed by atoms with Crippen LogP contribution >= 0.6 is 0 Å². The highest BCUT2D eigenvalue weighted by Gasteiger charge is 2.18. The van der Waals surface area contributed by atoms with E-state index in [0.29, 0.717) is 17.0 Å². The molecule has 2 amide bonds. The summed E-state index contributed by atoms with van der Waals surface area (Å²) in [7, 11) is 1.40. The van der Waals surface area contributed by atoms with Crippen LogP contribution in [0.15, 0.2) is 42.5 Å². The average molecular weight is 329 g/mol. The van der Waals surface area contributed by atoms with Crippen molar-refractivity contribution in [1.29, 1.82) is 0 Å². The van der Waals surface area contributed by atoms with Crippen molar-refractivity contribution in [2.45, 2.75) is 6.92 Å². The monoisotopic (exact) mass is 329 g/mol. The Hall–Kier alpha value is -3.42. The number of nitrogens with one attached hydrogen (secondary N) is 2. The zero-order valence-electron chi connectivity index (χ0n) is 13.0. The first kappa shape index (κ1) is 16.9. The maximum atomic E-state index is 12.2. The Balaban J connectivity index is 2.20. The van der Waals surface area contributed by atoms with Crippen LogP contribution in [0.5, 0.6) is 5.75 Å². The Morgan fingerprint density at radius 2 is 1.75 bits per heavy atom. The van der Waals surface area contributed by atoms with Gasteiger partial charge in [0.2, 0.25) is 5.91 Å². The number of amides is 2. The van der Waals surface area contributed by atoms with Crippen LogP contribution in [-0.2, 0) is 4.79 Å². The molecule has 0 aliphatic heterocycles. The molecule has 0 fully saturated rings. The summed E-state index contributed by atoms with van der Waals surface area (Å²) in [5.41, 5.74) is 0.651. The van der Waals surface area contributed by atoms with Crippen LogP contribution in [0.4, 0.5) is 17.1 Å². The highest BCUT2D eigenvalue weighted by Crippen LogP contribution is 2.29. The van der Waals surface area contributed by atoms with E-state index >= 15 is 0 Å². The third kappa shape index (κ3) is 4.07. The second kappa shape index (κ2) is 7.23. The van der Waals surface area contributed by atoms with Gasteiger partial charge in [-0.2, -0.15) is 0 Å². The van der Waals surface area contributed by atoms with Crippen LogP contribution < -0.4 is 15.4 Å². The zero-order chi connectivity index (χ0) is 17.7. The van der Waals surface area contributed by atoms with Gasteiger partial charge < -0.3 is 15.4 Å². The van der Waals surface area contributed by atoms with Crippen molar-refractivity contribution in [3.05, 3.63) is 58.1 Å². The first-order valence-electron chi connectivity index (χ1n) is 6.92. The number of rotatable bonds is 5. The fourth-order valence-electron chi connectivity index (χ4n) is 2.00. The second-order valence-electron chi connectivity index (χ2n) is 4.85. The van der Waals surface area contributed by atoms with E-state index < -0.39 is 10.8 Å². The van der Waals surface area contributed by atoms with E-state index in [1.54, 1.807) is 12.1 Å². The highest BCUT2D eigenvalue weighted by molar-refractivity contribution is 6.05. The summed E-state index contributed by atoms with van der Waals surface area (Å²) < 4.78 is 4.94. The Morgan fingerprint density at radius 3 is 2.29 bits per heavy atom. The number of nitro groups is 1. The Labute approximate surface area is 137 Å². The number of hydrogen-bond donors (Lipinski definition) is 2. The minimum absolute atomic E-state index is 0.0664. The van der Waals surface area contributed by atoms with Gasteiger partial charge in [-0.15, -0.1) is 0 Å². The molecule has 8 heteroatoms. The molecule has 0 saturated heterocycles. The van der Waals surface area contributed by atoms with E-state index in [9.17, 15) is 19.7 Å². The van der Waals surface area contributed by atoms with Crippen LogP contribution in [-0.4, -0.2) is 23.8 Å². The fraction of sp³-hybridized carbons (Fsp3) is 0.125. The molecule has 0 atom stereocenters. The Bertz CT molecular complexity index is 787. The van der Waals surface area contributed by atoms with E-state index in [4.69, 9.17) is 4.74 Å². The third-order valence-electron chi connectivity index (χ3n) is 3.12. The van der Waals surface area contributed by atoms with Gasteiger partial charge in [-0.25, -0.2) is 0 Å². The van der Waals surface area contributed by atoms with Crippen LogP contribution in [0.1, 0.15) is 17.3 Å². The quantitative estimate of drug-likeness (QED) is 0.647. The molecule has 0 aliphatic rings. The summed E-state index contributed by atoms with van der Waals surface area (Å²) in [4.78, 5) is 33.7. The normalized spacial score (nSPS) is 9.92. The van der Waals surface area contributed by atoms with E-state index in [-0.39, 0.29) is 17.3 Å². The van der Waals surface area contributed by atoms with Crippen molar-refractivity contribution >= 4 is 28.9 Å². The lowest BCUT2D eigenvalue weighted by Crippen LogP contribution is -2.13. The number of carbonyl (C=O) groups excluding carboxylic acids is 2. The molecule has 0 spiro atoms. The molecule has 2 aromatic carbocycles. The summed E-state index contributed by atoms with van der Waals surface area (Å²) in [5, 5.41) is 16.2. The smallest absolute Gasteiger partial charge is 0.296 e. The minimum atomic E-state index is -0.599. The average Bonchev–Trinajstić information content (AvgIpc) is 2.55. The number of ether oxygens (including phenoxy) is 1. The second-order valence-corrected chi connectivity index (χ2v) is 4.85. The molecular weight excluding hydrogens is 314 g/mol. The SMILES string of the molecule is COc1ccc(NC(=O)c2ccc(NC(C)=O)cc2)c([N+](=O)[O-])c1. The molecule has 24 heavy (non-hydrogen) atoms. The van der Waals surface area contributed by atoms with Gasteiger partial charge in [0.05, 0.1) is 18.1 Å². The van der Waals surface area contributed by atoms with Gasteiger partial charge in [-0.05, 0) is 36.4 Å². The largest absolute Gasteiger partial charge is 0.496 e. The van der Waals surface area contributed by atoms with Crippen LogP contribution in [0, 0.1) is 10.1 Å². The lowest BCUT2D eigenvalue weighted by molar-refractivity contribution is -0.384. The zero-order valence-corrected chi connectivity index (χ0v) is 13.0. The standard InChI is InChI=1S/C16H15N3O5/c1-10(20)17-12-5-3-11(4-6-12)16(21)18-14-8-7-13(24-2)9-15(14)19(22)23/h3-9H,1-2H3,(H,17,20)(H,18,21). The maximum absolute atomic E-state index is 12.2. The van der Waals surface area contributed by atoms with Crippen LogP contribution in [0.25, 0.3) is 0 Å². The summed E-state index contributed by atoms with van der Waals surface area (Å²) in [5.74, 6) is -0.405. The maximum Gasteiger partial charge on any atom is 0.296 e. The van der Waals surface area contributed by atoms with Crippen molar-refractivity contribution in [2.24, 2.45) is 0 Å². The first-order valence-corrected chi connectivity index (χ1v) is 6.92. The van der Waals surface area contributed by atoms with Crippen LogP contribution in [0.3, 0.4) is 0 Å². The van der Waals surface area contributed by atoms with Gasteiger partial charge >= 0.3 is 0 Å². The fourth-order valence-corrected chi connectivity index (χ4v) is 2.00. The summed E-state index contributed by atoms with van der Waals surface area (Å²) in [6, 6.07) is 10.3. The van der Waals surface area contributed by atoms with E-state index in [1.165, 1.54) is 44.4 Å². The number of anilines is 2. The third-order valence-corrected chi connectivity index (χ3v) is 3.12. The molecule has 0 aliphatic carbocycles. The number of methoxy groups -OCH3 is 1. The molecule has 0 saturated carbocycles. The molecule has 2 aromatic rings. The van der Waals surface area contributed by atoms with Crippen molar-refractivity contribution in [3.8, 4) is 5.75 Å². The first-order chi connectivity index (χ1) is 11.4. The van der Waals surface area contributed by atoms with Gasteiger partial charge in [-0.3, -0.25) is 19.7 Å². The van der Waals surface area contributed by atoms with Gasteiger partial charge in [0.1, 0.15) is 11.4 Å². The molecule has 0 radical (unpaired) electrons. The van der Waals surface area contributed by atoms with Crippen molar-refractivity contribution in [2.75, 3.05) is 17.7 Å². The predicted octanol–water partition coefficient (Wildman–Crippen LogP) is 2.81. The molecule has 0 bridgehead atoms. The summed E-state index contributed by atoms with van der Waals surface area (Å²) >= 11 is 0. The summed E-state index contributed by atoms with van der Waals surface area (Å²) in [6.07, 6.45) is 0. The number of nitro benzene ring substituents is 1. The van der Waals surface area contributed by atoms with E-state index in [2.05, 4.69) is 10.6 Å². The number of benzene rings is 2. The van der Waals surface area contributed by atoms with Crippen LogP contribution in [0.2, 0.25) is 0 Å². The van der Waals surface area contributed by atoms with Gasteiger partial charge in [0.25, 0.3) is 11.6 Å². The highest BCUT2D eigenvalue weighted by atomic mass is 16.6. The molecular formula is C16H15N3O5. The van der Waals surface area contributed by atoms with E-state index in [1.807, 2.05) is 0 Å². The molecule has 0 unspecified atom stereocenters. The topological polar surface area (TPSA) is 111 Å². The minimum Gasteiger partial charge on any atom is -0.496 e. The predicted molar refractivity (Wildman–Crippen MR) is 88.3 cm³/mol. The van der Waals surface area contributed by atoms with Crippen molar-refractivity contribution < 1.29 is 19.2 Å². The van der Waals surface area contributed by atoms with Crippen molar-refractivity contribution in [1.82, 2.24) is 0 Å². The molecule has 124 valence electrons. The molecule has 8 nitrogen and oxygen atoms in total. The Kier molecular flexibility index (Phi) is 5.10. The lowest BCUT2D eigenvalue weighted by Gasteiger charge is -2.08. The molecule has 0 heterocycles. The molecule has 2 N–H and O–H groups in total. The molecule has 2 rings (SSSR count). The number of hydrogen-bond acceptors (Lipinski definition) is 5. The molecule has 0 aromatic heterocycles. The Morgan fingerprint density at radius 1 is 1.08 bits per heavy atom. The summed E-state index contributed by atoms with van der Waals surface area (Å²) in [6.45, 7) is 1.38. The van der Waals surface area contributed by atoms with E-state index in [0.717, 1.165) is 0 Å².